The molecule has 0 N–H and O–H groups in total. The molecule has 6 heteroatoms. The van der Waals surface area contributed by atoms with Crippen molar-refractivity contribution in [1.29, 1.82) is 0 Å². The van der Waals surface area contributed by atoms with Gasteiger partial charge in [-0.2, -0.15) is 0 Å². The summed E-state index contributed by atoms with van der Waals surface area (Å²) in [6.45, 7) is 0.206. The second-order valence-corrected chi connectivity index (χ2v) is 3.98. The molecule has 1 aliphatic heterocycles. The lowest BCUT2D eigenvalue weighted by atomic mass is 10.1. The number of hydrogen-bond acceptors (Lipinski definition) is 6. The molecule has 0 radical (unpaired) electrons. The minimum absolute atomic E-state index is 0.179. The van der Waals surface area contributed by atoms with Crippen molar-refractivity contribution in [3.05, 3.63) is 36.5 Å². The molecule has 20 heavy (non-hydrogen) atoms. The van der Waals surface area contributed by atoms with Crippen LogP contribution in [-0.2, 0) is 4.74 Å². The number of pyridine rings is 1. The molecule has 1 aliphatic rings. The first-order valence-corrected chi connectivity index (χ1v) is 5.89. The van der Waals surface area contributed by atoms with E-state index in [0.717, 1.165) is 5.56 Å². The van der Waals surface area contributed by atoms with E-state index >= 15 is 0 Å². The number of fused-ring (bicyclic) bond motifs is 1. The van der Waals surface area contributed by atoms with E-state index in [1.165, 1.54) is 13.3 Å². The van der Waals surface area contributed by atoms with Crippen LogP contribution in [0.15, 0.2) is 36.5 Å². The van der Waals surface area contributed by atoms with Gasteiger partial charge in [0.15, 0.2) is 11.5 Å². The van der Waals surface area contributed by atoms with Gasteiger partial charge in [0.2, 0.25) is 12.7 Å². The van der Waals surface area contributed by atoms with Crippen molar-refractivity contribution in [1.82, 2.24) is 4.98 Å². The Bertz CT molecular complexity index is 656. The molecule has 0 atom stereocenters. The van der Waals surface area contributed by atoms with E-state index in [0.29, 0.717) is 17.1 Å². The lowest BCUT2D eigenvalue weighted by Crippen LogP contribution is -2.09. The van der Waals surface area contributed by atoms with E-state index in [9.17, 15) is 4.79 Å². The highest BCUT2D eigenvalue weighted by Crippen LogP contribution is 2.37. The molecular formula is C14H11NO5. The van der Waals surface area contributed by atoms with Gasteiger partial charge in [-0.1, -0.05) is 6.07 Å². The maximum absolute atomic E-state index is 11.2. The first kappa shape index (κ1) is 12.3. The molecule has 0 saturated heterocycles. The molecule has 2 aromatic rings. The highest BCUT2D eigenvalue weighted by Gasteiger charge is 2.17. The normalized spacial score (nSPS) is 12.1. The Balaban J connectivity index is 1.99. The van der Waals surface area contributed by atoms with Crippen LogP contribution in [0.4, 0.5) is 4.79 Å². The van der Waals surface area contributed by atoms with Gasteiger partial charge in [-0.05, 0) is 29.8 Å². The summed E-state index contributed by atoms with van der Waals surface area (Å²) in [6.07, 6.45) is 0.722. The summed E-state index contributed by atoms with van der Waals surface area (Å²) >= 11 is 0. The Morgan fingerprint density at radius 3 is 2.95 bits per heavy atom. The number of carbonyl (C=O) groups is 1. The number of benzene rings is 1. The fourth-order valence-corrected chi connectivity index (χ4v) is 1.88. The van der Waals surface area contributed by atoms with Crippen LogP contribution in [0.5, 0.6) is 17.4 Å². The minimum atomic E-state index is -0.814. The summed E-state index contributed by atoms with van der Waals surface area (Å²) < 4.78 is 20.1. The average Bonchev–Trinajstić information content (AvgIpc) is 2.95. The van der Waals surface area contributed by atoms with Gasteiger partial charge < -0.3 is 18.9 Å². The van der Waals surface area contributed by atoms with Crippen LogP contribution in [0, 0.1) is 0 Å². The molecule has 1 aromatic heterocycles. The molecule has 2 heterocycles. The van der Waals surface area contributed by atoms with Gasteiger partial charge in [0.1, 0.15) is 0 Å². The van der Waals surface area contributed by atoms with Crippen LogP contribution < -0.4 is 14.2 Å². The Morgan fingerprint density at radius 1 is 1.25 bits per heavy atom. The smallest absolute Gasteiger partial charge is 0.454 e. The third-order valence-electron chi connectivity index (χ3n) is 2.80. The van der Waals surface area contributed by atoms with Crippen LogP contribution in [0.25, 0.3) is 11.1 Å². The first-order valence-electron chi connectivity index (χ1n) is 5.89. The van der Waals surface area contributed by atoms with Gasteiger partial charge in [0.25, 0.3) is 0 Å². The topological polar surface area (TPSA) is 66.9 Å². The van der Waals surface area contributed by atoms with E-state index in [1.54, 1.807) is 18.2 Å². The second kappa shape index (κ2) is 5.08. The van der Waals surface area contributed by atoms with Crippen LogP contribution in [-0.4, -0.2) is 25.0 Å². The Kier molecular flexibility index (Phi) is 3.12. The molecule has 0 bridgehead atoms. The molecule has 1 aromatic carbocycles. The molecule has 6 nitrogen and oxygen atoms in total. The number of carbonyl (C=O) groups excluding carboxylic acids is 1. The number of methoxy groups -OCH3 is 1. The molecule has 3 rings (SSSR count). The minimum Gasteiger partial charge on any atom is -0.454 e. The zero-order valence-electron chi connectivity index (χ0n) is 10.7. The van der Waals surface area contributed by atoms with Gasteiger partial charge in [-0.15, -0.1) is 0 Å². The maximum atomic E-state index is 11.2. The molecule has 102 valence electrons. The highest BCUT2D eigenvalue weighted by molar-refractivity contribution is 5.74. The van der Waals surface area contributed by atoms with Gasteiger partial charge >= 0.3 is 6.16 Å². The number of rotatable bonds is 2. The standard InChI is InChI=1S/C14H11NO5/c1-17-14(16)20-13-10(3-2-6-15-13)9-4-5-11-12(7-9)19-8-18-11/h2-7H,8H2,1H3. The maximum Gasteiger partial charge on any atom is 0.514 e. The Hall–Kier alpha value is -2.76. The first-order chi connectivity index (χ1) is 9.78. The van der Waals surface area contributed by atoms with Crippen molar-refractivity contribution in [3.63, 3.8) is 0 Å². The highest BCUT2D eigenvalue weighted by atomic mass is 16.7. The summed E-state index contributed by atoms with van der Waals surface area (Å²) in [5.74, 6) is 1.52. The lowest BCUT2D eigenvalue weighted by molar-refractivity contribution is 0.120. The molecule has 0 spiro atoms. The average molecular weight is 273 g/mol. The van der Waals surface area contributed by atoms with Gasteiger partial charge in [0.05, 0.1) is 7.11 Å². The number of aromatic nitrogens is 1. The van der Waals surface area contributed by atoms with Crippen molar-refractivity contribution >= 4 is 6.16 Å². The monoisotopic (exact) mass is 273 g/mol. The van der Waals surface area contributed by atoms with Crippen molar-refractivity contribution in [2.75, 3.05) is 13.9 Å². The van der Waals surface area contributed by atoms with E-state index in [-0.39, 0.29) is 12.7 Å². The fourth-order valence-electron chi connectivity index (χ4n) is 1.88. The third kappa shape index (κ3) is 2.23. The SMILES string of the molecule is COC(=O)Oc1ncccc1-c1ccc2c(c1)OCO2. The van der Waals surface area contributed by atoms with Crippen molar-refractivity contribution in [2.24, 2.45) is 0 Å². The Morgan fingerprint density at radius 2 is 2.10 bits per heavy atom. The molecule has 0 amide bonds. The van der Waals surface area contributed by atoms with Crippen LogP contribution in [0.3, 0.4) is 0 Å². The molecule has 0 unspecified atom stereocenters. The molecule has 0 aliphatic carbocycles. The lowest BCUT2D eigenvalue weighted by Gasteiger charge is -2.08. The van der Waals surface area contributed by atoms with E-state index in [1.807, 2.05) is 12.1 Å². The zero-order chi connectivity index (χ0) is 13.9. The van der Waals surface area contributed by atoms with E-state index < -0.39 is 6.16 Å². The molecule has 0 fully saturated rings. The molecular weight excluding hydrogens is 262 g/mol. The van der Waals surface area contributed by atoms with Crippen molar-refractivity contribution in [2.45, 2.75) is 0 Å². The van der Waals surface area contributed by atoms with Gasteiger partial charge in [0, 0.05) is 11.8 Å². The number of hydrogen-bond donors (Lipinski definition) is 0. The second-order valence-electron chi connectivity index (χ2n) is 3.98. The predicted molar refractivity (Wildman–Crippen MR) is 68.8 cm³/mol. The van der Waals surface area contributed by atoms with Gasteiger partial charge in [-0.25, -0.2) is 9.78 Å². The summed E-state index contributed by atoms with van der Waals surface area (Å²) in [7, 11) is 1.24. The number of ether oxygens (including phenoxy) is 4. The van der Waals surface area contributed by atoms with Crippen molar-refractivity contribution < 1.29 is 23.7 Å². The summed E-state index contributed by atoms with van der Waals surface area (Å²) in [5, 5.41) is 0. The van der Waals surface area contributed by atoms with Crippen LogP contribution in [0.2, 0.25) is 0 Å². The molecule has 0 saturated carbocycles. The zero-order valence-corrected chi connectivity index (χ0v) is 10.7. The quantitative estimate of drug-likeness (QED) is 0.783. The fraction of sp³-hybridized carbons (Fsp3) is 0.143. The van der Waals surface area contributed by atoms with Crippen LogP contribution in [0.1, 0.15) is 0 Å². The summed E-state index contributed by atoms with van der Waals surface area (Å²) in [4.78, 5) is 15.3. The summed E-state index contributed by atoms with van der Waals surface area (Å²) in [6, 6.07) is 9.00. The predicted octanol–water partition coefficient (Wildman–Crippen LogP) is 2.62. The Labute approximate surface area is 114 Å². The van der Waals surface area contributed by atoms with Crippen LogP contribution >= 0.6 is 0 Å². The van der Waals surface area contributed by atoms with Crippen molar-refractivity contribution in [3.8, 4) is 28.5 Å². The number of nitrogens with zero attached hydrogens (tertiary/aromatic N) is 1. The third-order valence-corrected chi connectivity index (χ3v) is 2.80. The largest absolute Gasteiger partial charge is 0.514 e. The summed E-state index contributed by atoms with van der Waals surface area (Å²) in [5.41, 5.74) is 1.47. The van der Waals surface area contributed by atoms with E-state index in [2.05, 4.69) is 9.72 Å². The van der Waals surface area contributed by atoms with Gasteiger partial charge in [-0.3, -0.25) is 0 Å². The van der Waals surface area contributed by atoms with E-state index in [4.69, 9.17) is 14.2 Å².